The molecular weight excluding hydrogens is 388 g/mol. The van der Waals surface area contributed by atoms with Crippen LogP contribution in [0.4, 0.5) is 10.7 Å². The number of carbonyl (C=O) groups excluding carboxylic acids is 1. The third-order valence-corrected chi connectivity index (χ3v) is 5.46. The van der Waals surface area contributed by atoms with Crippen molar-refractivity contribution in [1.29, 1.82) is 0 Å². The summed E-state index contributed by atoms with van der Waals surface area (Å²) in [7, 11) is 0. The highest BCUT2D eigenvalue weighted by Crippen LogP contribution is 2.36. The van der Waals surface area contributed by atoms with Gasteiger partial charge in [0.1, 0.15) is 5.00 Å². The van der Waals surface area contributed by atoms with Gasteiger partial charge >= 0.3 is 5.97 Å². The molecule has 0 saturated carbocycles. The molecule has 3 rings (SSSR count). The summed E-state index contributed by atoms with van der Waals surface area (Å²) in [4.78, 5) is 13.4. The fourth-order valence-electron chi connectivity index (χ4n) is 2.80. The summed E-state index contributed by atoms with van der Waals surface area (Å²) in [5.41, 5.74) is 3.66. The minimum absolute atomic E-state index is 0.321. The highest BCUT2D eigenvalue weighted by molar-refractivity contribution is 7.80. The number of ether oxygens (including phenoxy) is 1. The van der Waals surface area contributed by atoms with Gasteiger partial charge in [0.25, 0.3) is 0 Å². The van der Waals surface area contributed by atoms with Crippen molar-refractivity contribution in [3.63, 3.8) is 0 Å². The first-order valence-electron chi connectivity index (χ1n) is 9.14. The average Bonchev–Trinajstić information content (AvgIpc) is 3.13. The molecular formula is C22H22N2O2S2. The first-order chi connectivity index (χ1) is 13.6. The van der Waals surface area contributed by atoms with Crippen molar-refractivity contribution in [1.82, 2.24) is 0 Å². The number of anilines is 2. The monoisotopic (exact) mass is 410 g/mol. The zero-order chi connectivity index (χ0) is 19.9. The lowest BCUT2D eigenvalue weighted by Gasteiger charge is -2.13. The van der Waals surface area contributed by atoms with Crippen molar-refractivity contribution < 1.29 is 9.53 Å². The molecule has 0 unspecified atom stereocenters. The SMILES string of the molecule is CCOC(=O)c1cc(-c2ccccc2)sc1NC(=S)Nc1ccccc1CC. The minimum atomic E-state index is -0.361. The van der Waals surface area contributed by atoms with E-state index in [1.807, 2.05) is 54.6 Å². The molecule has 4 nitrogen and oxygen atoms in total. The van der Waals surface area contributed by atoms with E-state index in [0.717, 1.165) is 22.5 Å². The van der Waals surface area contributed by atoms with Crippen molar-refractivity contribution in [2.75, 3.05) is 17.2 Å². The van der Waals surface area contributed by atoms with E-state index in [0.29, 0.717) is 22.3 Å². The van der Waals surface area contributed by atoms with E-state index < -0.39 is 0 Å². The Labute approximate surface area is 174 Å². The number of rotatable bonds is 6. The minimum Gasteiger partial charge on any atom is -0.462 e. The maximum absolute atomic E-state index is 12.4. The first kappa shape index (κ1) is 20.0. The molecule has 0 radical (unpaired) electrons. The Hall–Kier alpha value is -2.70. The largest absolute Gasteiger partial charge is 0.462 e. The van der Waals surface area contributed by atoms with Crippen LogP contribution < -0.4 is 10.6 Å². The van der Waals surface area contributed by atoms with Crippen molar-refractivity contribution >= 4 is 45.3 Å². The summed E-state index contributed by atoms with van der Waals surface area (Å²) in [6, 6.07) is 19.8. The van der Waals surface area contributed by atoms with E-state index in [4.69, 9.17) is 17.0 Å². The lowest BCUT2D eigenvalue weighted by atomic mass is 10.1. The van der Waals surface area contributed by atoms with Crippen LogP contribution in [-0.4, -0.2) is 17.7 Å². The molecule has 0 aliphatic rings. The van der Waals surface area contributed by atoms with Crippen LogP contribution in [0.3, 0.4) is 0 Å². The normalized spacial score (nSPS) is 10.4. The molecule has 1 aromatic heterocycles. The van der Waals surface area contributed by atoms with Gasteiger partial charge in [0, 0.05) is 10.6 Å². The van der Waals surface area contributed by atoms with E-state index in [2.05, 4.69) is 23.6 Å². The summed E-state index contributed by atoms with van der Waals surface area (Å²) in [5, 5.41) is 7.52. The number of carbonyl (C=O) groups is 1. The van der Waals surface area contributed by atoms with Gasteiger partial charge in [0.15, 0.2) is 5.11 Å². The predicted molar refractivity (Wildman–Crippen MR) is 121 cm³/mol. The van der Waals surface area contributed by atoms with E-state index in [9.17, 15) is 4.79 Å². The number of benzene rings is 2. The molecule has 0 fully saturated rings. The van der Waals surface area contributed by atoms with Crippen LogP contribution in [0.15, 0.2) is 60.7 Å². The second-order valence-electron chi connectivity index (χ2n) is 6.03. The molecule has 2 N–H and O–H groups in total. The maximum atomic E-state index is 12.4. The molecule has 6 heteroatoms. The number of nitrogens with one attached hydrogen (secondary N) is 2. The lowest BCUT2D eigenvalue weighted by Crippen LogP contribution is -2.20. The van der Waals surface area contributed by atoms with Crippen LogP contribution in [0.1, 0.15) is 29.8 Å². The van der Waals surface area contributed by atoms with Gasteiger partial charge in [-0.15, -0.1) is 11.3 Å². The number of aryl methyl sites for hydroxylation is 1. The molecule has 144 valence electrons. The average molecular weight is 411 g/mol. The molecule has 1 heterocycles. The molecule has 3 aromatic rings. The summed E-state index contributed by atoms with van der Waals surface area (Å²) >= 11 is 6.97. The van der Waals surface area contributed by atoms with E-state index in [1.165, 1.54) is 16.9 Å². The van der Waals surface area contributed by atoms with Crippen molar-refractivity contribution in [3.05, 3.63) is 71.8 Å². The van der Waals surface area contributed by atoms with Gasteiger partial charge in [0.2, 0.25) is 0 Å². The van der Waals surface area contributed by atoms with Crippen molar-refractivity contribution in [2.24, 2.45) is 0 Å². The summed E-state index contributed by atoms with van der Waals surface area (Å²) in [5.74, 6) is -0.361. The van der Waals surface area contributed by atoms with E-state index >= 15 is 0 Å². The highest BCUT2D eigenvalue weighted by Gasteiger charge is 2.19. The Morgan fingerprint density at radius 3 is 2.46 bits per heavy atom. The van der Waals surface area contributed by atoms with Gasteiger partial charge in [-0.3, -0.25) is 0 Å². The quantitative estimate of drug-likeness (QED) is 0.388. The predicted octanol–water partition coefficient (Wildman–Crippen LogP) is 5.96. The van der Waals surface area contributed by atoms with E-state index in [-0.39, 0.29) is 5.97 Å². The summed E-state index contributed by atoms with van der Waals surface area (Å²) in [6.07, 6.45) is 0.900. The smallest absolute Gasteiger partial charge is 0.341 e. The Morgan fingerprint density at radius 1 is 1.04 bits per heavy atom. The molecule has 2 aromatic carbocycles. The number of thiocarbonyl (C=S) groups is 1. The van der Waals surface area contributed by atoms with Crippen LogP contribution >= 0.6 is 23.6 Å². The topological polar surface area (TPSA) is 50.4 Å². The van der Waals surface area contributed by atoms with Crippen LogP contribution in [0.5, 0.6) is 0 Å². The first-order valence-corrected chi connectivity index (χ1v) is 10.4. The van der Waals surface area contributed by atoms with Gasteiger partial charge in [-0.1, -0.05) is 55.5 Å². The zero-order valence-electron chi connectivity index (χ0n) is 15.8. The lowest BCUT2D eigenvalue weighted by molar-refractivity contribution is 0.0528. The molecule has 0 aliphatic heterocycles. The molecule has 0 bridgehead atoms. The summed E-state index contributed by atoms with van der Waals surface area (Å²) in [6.45, 7) is 4.21. The standard InChI is InChI=1S/C22H22N2O2S2/c1-3-15-10-8-9-13-18(15)23-22(27)24-20-17(21(25)26-4-2)14-19(28-20)16-11-6-5-7-12-16/h5-14H,3-4H2,1-2H3,(H2,23,24,27). The second-order valence-corrected chi connectivity index (χ2v) is 7.49. The Balaban J connectivity index is 1.86. The van der Waals surface area contributed by atoms with Gasteiger partial charge in [0.05, 0.1) is 12.2 Å². The molecule has 0 amide bonds. The van der Waals surface area contributed by atoms with Gasteiger partial charge in [-0.05, 0) is 48.8 Å². The van der Waals surface area contributed by atoms with Crippen LogP contribution in [-0.2, 0) is 11.2 Å². The zero-order valence-corrected chi connectivity index (χ0v) is 17.5. The van der Waals surface area contributed by atoms with Gasteiger partial charge in [-0.25, -0.2) is 4.79 Å². The van der Waals surface area contributed by atoms with Gasteiger partial charge < -0.3 is 15.4 Å². The number of para-hydroxylation sites is 1. The Kier molecular flexibility index (Phi) is 6.79. The molecule has 0 saturated heterocycles. The molecule has 0 aliphatic carbocycles. The fraction of sp³-hybridized carbons (Fsp3) is 0.182. The van der Waals surface area contributed by atoms with Crippen molar-refractivity contribution in [2.45, 2.75) is 20.3 Å². The maximum Gasteiger partial charge on any atom is 0.341 e. The number of esters is 1. The number of hydrogen-bond acceptors (Lipinski definition) is 4. The van der Waals surface area contributed by atoms with Crippen LogP contribution in [0.25, 0.3) is 10.4 Å². The van der Waals surface area contributed by atoms with Crippen LogP contribution in [0.2, 0.25) is 0 Å². The number of hydrogen-bond donors (Lipinski definition) is 2. The summed E-state index contributed by atoms with van der Waals surface area (Å²) < 4.78 is 5.22. The second kappa shape index (κ2) is 9.48. The fourth-order valence-corrected chi connectivity index (χ4v) is 4.13. The molecule has 28 heavy (non-hydrogen) atoms. The third-order valence-electron chi connectivity index (χ3n) is 4.16. The Morgan fingerprint density at radius 2 is 1.75 bits per heavy atom. The van der Waals surface area contributed by atoms with Gasteiger partial charge in [-0.2, -0.15) is 0 Å². The molecule has 0 spiro atoms. The van der Waals surface area contributed by atoms with Crippen molar-refractivity contribution in [3.8, 4) is 10.4 Å². The number of thiophene rings is 1. The molecule has 0 atom stereocenters. The van der Waals surface area contributed by atoms with E-state index in [1.54, 1.807) is 6.92 Å². The highest BCUT2D eigenvalue weighted by atomic mass is 32.1. The van der Waals surface area contributed by atoms with Crippen LogP contribution in [0, 0.1) is 0 Å². The third kappa shape index (κ3) is 4.77. The Bertz CT molecular complexity index is 968.